The molecule has 7 heteroatoms. The Labute approximate surface area is 132 Å². The number of benzene rings is 1. The van der Waals surface area contributed by atoms with Crippen molar-refractivity contribution in [3.63, 3.8) is 0 Å². The highest BCUT2D eigenvalue weighted by atomic mass is 32.1. The van der Waals surface area contributed by atoms with Gasteiger partial charge in [0.05, 0.1) is 5.92 Å². The smallest absolute Gasteiger partial charge is 0.234 e. The van der Waals surface area contributed by atoms with Crippen LogP contribution in [-0.2, 0) is 9.59 Å². The number of carbonyl (C=O) groups excluding carboxylic acids is 2. The number of fused-ring (bicyclic) bond motifs is 1. The van der Waals surface area contributed by atoms with Crippen LogP contribution in [0.15, 0.2) is 24.3 Å². The van der Waals surface area contributed by atoms with Crippen LogP contribution in [-0.4, -0.2) is 22.0 Å². The van der Waals surface area contributed by atoms with Gasteiger partial charge in [0.15, 0.2) is 0 Å². The summed E-state index contributed by atoms with van der Waals surface area (Å²) >= 11 is 1.36. The van der Waals surface area contributed by atoms with Crippen molar-refractivity contribution in [1.82, 2.24) is 10.2 Å². The maximum Gasteiger partial charge on any atom is 0.234 e. The summed E-state index contributed by atoms with van der Waals surface area (Å²) in [4.78, 5) is 24.3. The van der Waals surface area contributed by atoms with Gasteiger partial charge in [-0.2, -0.15) is 0 Å². The highest BCUT2D eigenvalue weighted by Gasteiger charge is 2.30. The van der Waals surface area contributed by atoms with Gasteiger partial charge in [0.25, 0.3) is 0 Å². The second-order valence-electron chi connectivity index (χ2n) is 5.48. The molecule has 0 spiro atoms. The Bertz CT molecular complexity index is 726. The number of carbonyl (C=O) groups is 2. The maximum atomic E-state index is 12.5. The van der Waals surface area contributed by atoms with Crippen LogP contribution in [0.25, 0.3) is 0 Å². The van der Waals surface area contributed by atoms with Crippen LogP contribution in [0.5, 0.6) is 0 Å². The van der Waals surface area contributed by atoms with Crippen LogP contribution in [0.4, 0.5) is 10.8 Å². The highest BCUT2D eigenvalue weighted by molar-refractivity contribution is 7.15. The van der Waals surface area contributed by atoms with Crippen molar-refractivity contribution in [3.8, 4) is 0 Å². The molecule has 0 bridgehead atoms. The van der Waals surface area contributed by atoms with E-state index in [2.05, 4.69) is 20.8 Å². The molecular formula is C15H16N4O2S. The Morgan fingerprint density at radius 1 is 1.36 bits per heavy atom. The molecule has 1 aliphatic rings. The lowest BCUT2D eigenvalue weighted by molar-refractivity contribution is -0.123. The molecule has 1 aliphatic heterocycles. The van der Waals surface area contributed by atoms with Gasteiger partial charge < -0.3 is 5.32 Å². The minimum atomic E-state index is -0.503. The van der Waals surface area contributed by atoms with Gasteiger partial charge in [0.2, 0.25) is 16.9 Å². The molecule has 2 amide bonds. The SMILES string of the molecule is CC(C)c1nnc(NC(=O)C2CC(=O)Nc3ccccc32)s1. The van der Waals surface area contributed by atoms with E-state index in [-0.39, 0.29) is 24.2 Å². The van der Waals surface area contributed by atoms with E-state index in [4.69, 9.17) is 0 Å². The Hall–Kier alpha value is -2.28. The summed E-state index contributed by atoms with van der Waals surface area (Å²) in [5.74, 6) is -0.617. The second-order valence-corrected chi connectivity index (χ2v) is 6.49. The Kier molecular flexibility index (Phi) is 3.89. The van der Waals surface area contributed by atoms with E-state index < -0.39 is 5.92 Å². The van der Waals surface area contributed by atoms with Gasteiger partial charge in [-0.1, -0.05) is 43.4 Å². The molecule has 0 aliphatic carbocycles. The number of amides is 2. The third kappa shape index (κ3) is 2.85. The first-order valence-electron chi connectivity index (χ1n) is 7.07. The zero-order chi connectivity index (χ0) is 15.7. The summed E-state index contributed by atoms with van der Waals surface area (Å²) in [5, 5.41) is 14.9. The minimum absolute atomic E-state index is 0.138. The normalized spacial score (nSPS) is 17.0. The number of nitrogens with zero attached hydrogens (tertiary/aromatic N) is 2. The zero-order valence-corrected chi connectivity index (χ0v) is 13.1. The molecule has 0 saturated carbocycles. The molecular weight excluding hydrogens is 300 g/mol. The zero-order valence-electron chi connectivity index (χ0n) is 12.3. The van der Waals surface area contributed by atoms with Crippen molar-refractivity contribution in [3.05, 3.63) is 34.8 Å². The summed E-state index contributed by atoms with van der Waals surface area (Å²) in [6, 6.07) is 7.35. The number of rotatable bonds is 3. The van der Waals surface area contributed by atoms with Gasteiger partial charge >= 0.3 is 0 Å². The van der Waals surface area contributed by atoms with Crippen molar-refractivity contribution >= 4 is 34.0 Å². The van der Waals surface area contributed by atoms with Crippen molar-refractivity contribution in [2.75, 3.05) is 10.6 Å². The summed E-state index contributed by atoms with van der Waals surface area (Å²) in [6.45, 7) is 4.04. The lowest BCUT2D eigenvalue weighted by Crippen LogP contribution is -2.30. The molecule has 1 atom stereocenters. The van der Waals surface area contributed by atoms with Gasteiger partial charge in [-0.3, -0.25) is 14.9 Å². The third-order valence-corrected chi connectivity index (χ3v) is 4.62. The van der Waals surface area contributed by atoms with Crippen molar-refractivity contribution in [1.29, 1.82) is 0 Å². The number of hydrogen-bond donors (Lipinski definition) is 2. The van der Waals surface area contributed by atoms with Crippen LogP contribution in [0.3, 0.4) is 0 Å². The lowest BCUT2D eigenvalue weighted by atomic mass is 9.90. The lowest BCUT2D eigenvalue weighted by Gasteiger charge is -2.24. The van der Waals surface area contributed by atoms with Gasteiger partial charge in [0.1, 0.15) is 5.01 Å². The first kappa shape index (κ1) is 14.6. The molecule has 0 radical (unpaired) electrons. The van der Waals surface area contributed by atoms with Crippen molar-refractivity contribution in [2.24, 2.45) is 0 Å². The predicted molar refractivity (Wildman–Crippen MR) is 85.1 cm³/mol. The Morgan fingerprint density at radius 3 is 2.86 bits per heavy atom. The maximum absolute atomic E-state index is 12.5. The molecule has 22 heavy (non-hydrogen) atoms. The number of nitrogens with one attached hydrogen (secondary N) is 2. The molecule has 1 aromatic carbocycles. The van der Waals surface area contributed by atoms with E-state index in [9.17, 15) is 9.59 Å². The first-order valence-corrected chi connectivity index (χ1v) is 7.89. The molecule has 6 nitrogen and oxygen atoms in total. The molecule has 114 valence electrons. The monoisotopic (exact) mass is 316 g/mol. The van der Waals surface area contributed by atoms with Gasteiger partial charge in [-0.15, -0.1) is 10.2 Å². The van der Waals surface area contributed by atoms with E-state index in [1.807, 2.05) is 32.0 Å². The minimum Gasteiger partial charge on any atom is -0.326 e. The van der Waals surface area contributed by atoms with Gasteiger partial charge in [0, 0.05) is 18.0 Å². The number of hydrogen-bond acceptors (Lipinski definition) is 5. The Morgan fingerprint density at radius 2 is 2.14 bits per heavy atom. The predicted octanol–water partition coefficient (Wildman–Crippen LogP) is 2.73. The fraction of sp³-hybridized carbons (Fsp3) is 0.333. The van der Waals surface area contributed by atoms with E-state index in [1.165, 1.54) is 11.3 Å². The fourth-order valence-corrected chi connectivity index (χ4v) is 3.10. The average molecular weight is 316 g/mol. The molecule has 0 saturated heterocycles. The van der Waals surface area contributed by atoms with Gasteiger partial charge in [-0.25, -0.2) is 0 Å². The number of para-hydroxylation sites is 1. The van der Waals surface area contributed by atoms with Crippen LogP contribution >= 0.6 is 11.3 Å². The van der Waals surface area contributed by atoms with E-state index >= 15 is 0 Å². The summed E-state index contributed by atoms with van der Waals surface area (Å²) < 4.78 is 0. The second kappa shape index (κ2) is 5.84. The highest BCUT2D eigenvalue weighted by Crippen LogP contribution is 2.33. The quantitative estimate of drug-likeness (QED) is 0.912. The van der Waals surface area contributed by atoms with Gasteiger partial charge in [-0.05, 0) is 11.6 Å². The molecule has 2 N–H and O–H groups in total. The fourth-order valence-electron chi connectivity index (χ4n) is 2.36. The van der Waals surface area contributed by atoms with Crippen LogP contribution in [0, 0.1) is 0 Å². The standard InChI is InChI=1S/C15H16N4O2S/c1-8(2)14-18-19-15(22-14)17-13(21)10-7-12(20)16-11-6-4-3-5-9(10)11/h3-6,8,10H,7H2,1-2H3,(H,16,20)(H,17,19,21). The molecule has 0 fully saturated rings. The van der Waals surface area contributed by atoms with E-state index in [0.717, 1.165) is 10.6 Å². The molecule has 3 rings (SSSR count). The summed E-state index contributed by atoms with van der Waals surface area (Å²) in [7, 11) is 0. The number of aromatic nitrogens is 2. The Balaban J connectivity index is 1.81. The molecule has 2 heterocycles. The summed E-state index contributed by atoms with van der Waals surface area (Å²) in [5.41, 5.74) is 1.52. The molecule has 2 aromatic rings. The summed E-state index contributed by atoms with van der Waals surface area (Å²) in [6.07, 6.45) is 0.138. The average Bonchev–Trinajstić information content (AvgIpc) is 2.95. The first-order chi connectivity index (χ1) is 10.5. The molecule has 1 aromatic heterocycles. The van der Waals surface area contributed by atoms with Crippen molar-refractivity contribution in [2.45, 2.75) is 32.1 Å². The molecule has 1 unspecified atom stereocenters. The largest absolute Gasteiger partial charge is 0.326 e. The van der Waals surface area contributed by atoms with E-state index in [0.29, 0.717) is 10.8 Å². The van der Waals surface area contributed by atoms with Crippen LogP contribution in [0.2, 0.25) is 0 Å². The topological polar surface area (TPSA) is 84.0 Å². The van der Waals surface area contributed by atoms with Crippen LogP contribution in [0.1, 0.15) is 42.7 Å². The van der Waals surface area contributed by atoms with Crippen molar-refractivity contribution < 1.29 is 9.59 Å². The van der Waals surface area contributed by atoms with Crippen LogP contribution < -0.4 is 10.6 Å². The number of anilines is 2. The third-order valence-electron chi connectivity index (χ3n) is 3.48. The van der Waals surface area contributed by atoms with E-state index in [1.54, 1.807) is 6.07 Å².